The van der Waals surface area contributed by atoms with Crippen molar-refractivity contribution < 1.29 is 4.79 Å². The molecule has 0 saturated heterocycles. The first kappa shape index (κ1) is 12.9. The van der Waals surface area contributed by atoms with Gasteiger partial charge >= 0.3 is 6.03 Å². The normalized spacial score (nSPS) is 10.2. The van der Waals surface area contributed by atoms with Crippen LogP contribution in [0, 0.1) is 0 Å². The molecule has 0 bridgehead atoms. The largest absolute Gasteiger partial charge is 0.399 e. The van der Waals surface area contributed by atoms with Gasteiger partial charge in [0.15, 0.2) is 0 Å². The van der Waals surface area contributed by atoms with Gasteiger partial charge in [0, 0.05) is 31.2 Å². The van der Waals surface area contributed by atoms with Crippen LogP contribution in [0.4, 0.5) is 16.2 Å². The number of nitrogens with zero attached hydrogens (tertiary/aromatic N) is 2. The fourth-order valence-electron chi connectivity index (χ4n) is 1.66. The SMILES string of the molecule is Cn1cc(CCNC(=O)Nc2ccc(N)cc2)cn1. The number of nitrogen functional groups attached to an aromatic ring is 1. The predicted molar refractivity (Wildman–Crippen MR) is 74.8 cm³/mol. The zero-order chi connectivity index (χ0) is 13.7. The lowest BCUT2D eigenvalue weighted by atomic mass is 10.2. The molecule has 0 fully saturated rings. The zero-order valence-electron chi connectivity index (χ0n) is 10.8. The minimum absolute atomic E-state index is 0.228. The summed E-state index contributed by atoms with van der Waals surface area (Å²) < 4.78 is 1.74. The molecular weight excluding hydrogens is 242 g/mol. The number of urea groups is 1. The molecule has 0 atom stereocenters. The Morgan fingerprint density at radius 2 is 2.11 bits per heavy atom. The molecule has 6 nitrogen and oxygen atoms in total. The lowest BCUT2D eigenvalue weighted by Crippen LogP contribution is -2.30. The highest BCUT2D eigenvalue weighted by Crippen LogP contribution is 2.09. The molecule has 2 aromatic rings. The quantitative estimate of drug-likeness (QED) is 0.725. The molecule has 1 heterocycles. The molecule has 1 aromatic heterocycles. The van der Waals surface area contributed by atoms with Gasteiger partial charge in [-0.2, -0.15) is 5.10 Å². The Kier molecular flexibility index (Phi) is 4.02. The van der Waals surface area contributed by atoms with Crippen LogP contribution in [0.1, 0.15) is 5.56 Å². The number of carbonyl (C=O) groups excluding carboxylic acids is 1. The van der Waals surface area contributed by atoms with Crippen molar-refractivity contribution in [1.29, 1.82) is 0 Å². The molecule has 19 heavy (non-hydrogen) atoms. The highest BCUT2D eigenvalue weighted by Gasteiger charge is 2.01. The van der Waals surface area contributed by atoms with Gasteiger partial charge in [-0.25, -0.2) is 4.79 Å². The first-order chi connectivity index (χ1) is 9.13. The summed E-state index contributed by atoms with van der Waals surface area (Å²) in [6.45, 7) is 0.562. The van der Waals surface area contributed by atoms with E-state index in [0.717, 1.165) is 12.0 Å². The second-order valence-electron chi connectivity index (χ2n) is 4.28. The number of carbonyl (C=O) groups is 1. The molecule has 0 aliphatic carbocycles. The van der Waals surface area contributed by atoms with Crippen molar-refractivity contribution in [3.63, 3.8) is 0 Å². The van der Waals surface area contributed by atoms with E-state index in [1.165, 1.54) is 0 Å². The summed E-state index contributed by atoms with van der Waals surface area (Å²) in [6.07, 6.45) is 4.47. The number of rotatable bonds is 4. The smallest absolute Gasteiger partial charge is 0.319 e. The second kappa shape index (κ2) is 5.90. The summed E-state index contributed by atoms with van der Waals surface area (Å²) in [5.41, 5.74) is 8.05. The summed E-state index contributed by atoms with van der Waals surface area (Å²) in [4.78, 5) is 11.6. The van der Waals surface area contributed by atoms with Crippen molar-refractivity contribution in [2.75, 3.05) is 17.6 Å². The summed E-state index contributed by atoms with van der Waals surface area (Å²) >= 11 is 0. The first-order valence-electron chi connectivity index (χ1n) is 6.01. The van der Waals surface area contributed by atoms with E-state index in [1.54, 1.807) is 35.1 Å². The number of nitrogens with two attached hydrogens (primary N) is 1. The molecule has 0 aliphatic heterocycles. The van der Waals surface area contributed by atoms with Gasteiger partial charge in [0.1, 0.15) is 0 Å². The van der Waals surface area contributed by atoms with Crippen LogP contribution in [0.3, 0.4) is 0 Å². The lowest BCUT2D eigenvalue weighted by molar-refractivity contribution is 0.252. The molecular formula is C13H17N5O. The number of benzene rings is 1. The van der Waals surface area contributed by atoms with E-state index in [0.29, 0.717) is 17.9 Å². The van der Waals surface area contributed by atoms with E-state index in [2.05, 4.69) is 15.7 Å². The Hall–Kier alpha value is -2.50. The Balaban J connectivity index is 1.74. The number of nitrogens with one attached hydrogen (secondary N) is 2. The van der Waals surface area contributed by atoms with Gasteiger partial charge in [-0.15, -0.1) is 0 Å². The van der Waals surface area contributed by atoms with E-state index >= 15 is 0 Å². The average molecular weight is 259 g/mol. The van der Waals surface area contributed by atoms with Crippen LogP contribution in [0.25, 0.3) is 0 Å². The van der Waals surface area contributed by atoms with Crippen LogP contribution in [-0.2, 0) is 13.5 Å². The highest BCUT2D eigenvalue weighted by atomic mass is 16.2. The number of anilines is 2. The van der Waals surface area contributed by atoms with E-state index < -0.39 is 0 Å². The van der Waals surface area contributed by atoms with Crippen molar-refractivity contribution in [1.82, 2.24) is 15.1 Å². The van der Waals surface area contributed by atoms with Crippen molar-refractivity contribution >= 4 is 17.4 Å². The topological polar surface area (TPSA) is 85.0 Å². The average Bonchev–Trinajstić information content (AvgIpc) is 2.78. The van der Waals surface area contributed by atoms with Gasteiger partial charge in [-0.1, -0.05) is 0 Å². The summed E-state index contributed by atoms with van der Waals surface area (Å²) in [5.74, 6) is 0. The molecule has 0 radical (unpaired) electrons. The molecule has 6 heteroatoms. The van der Waals surface area contributed by atoms with Gasteiger partial charge in [0.25, 0.3) is 0 Å². The Bertz CT molecular complexity index is 546. The predicted octanol–water partition coefficient (Wildman–Crippen LogP) is 1.37. The molecule has 2 rings (SSSR count). The standard InChI is InChI=1S/C13H17N5O/c1-18-9-10(8-16-18)6-7-15-13(19)17-12-4-2-11(14)3-5-12/h2-5,8-9H,6-7,14H2,1H3,(H2,15,17,19). The van der Waals surface area contributed by atoms with E-state index in [4.69, 9.17) is 5.73 Å². The van der Waals surface area contributed by atoms with E-state index in [-0.39, 0.29) is 6.03 Å². The number of aromatic nitrogens is 2. The number of amides is 2. The van der Waals surface area contributed by atoms with Crippen molar-refractivity contribution in [2.45, 2.75) is 6.42 Å². The minimum atomic E-state index is -0.228. The van der Waals surface area contributed by atoms with Gasteiger partial charge in [0.05, 0.1) is 6.20 Å². The van der Waals surface area contributed by atoms with E-state index in [1.807, 2.05) is 13.2 Å². The van der Waals surface area contributed by atoms with Gasteiger partial charge in [0.2, 0.25) is 0 Å². The molecule has 0 spiro atoms. The molecule has 2 amide bonds. The monoisotopic (exact) mass is 259 g/mol. The molecule has 100 valence electrons. The second-order valence-corrected chi connectivity index (χ2v) is 4.28. The maximum absolute atomic E-state index is 11.6. The van der Waals surface area contributed by atoms with Gasteiger partial charge in [-0.05, 0) is 36.2 Å². The minimum Gasteiger partial charge on any atom is -0.399 e. The van der Waals surface area contributed by atoms with Crippen molar-refractivity contribution in [3.05, 3.63) is 42.2 Å². The van der Waals surface area contributed by atoms with Crippen LogP contribution in [0.5, 0.6) is 0 Å². The number of hydrogen-bond donors (Lipinski definition) is 3. The molecule has 0 aliphatic rings. The third kappa shape index (κ3) is 4.02. The summed E-state index contributed by atoms with van der Waals surface area (Å²) in [5, 5.41) is 9.59. The van der Waals surface area contributed by atoms with E-state index in [9.17, 15) is 4.79 Å². The van der Waals surface area contributed by atoms with Crippen LogP contribution in [-0.4, -0.2) is 22.4 Å². The highest BCUT2D eigenvalue weighted by molar-refractivity contribution is 5.89. The Morgan fingerprint density at radius 1 is 1.37 bits per heavy atom. The summed E-state index contributed by atoms with van der Waals surface area (Å²) in [7, 11) is 1.87. The maximum Gasteiger partial charge on any atom is 0.319 e. The van der Waals surface area contributed by atoms with Gasteiger partial charge in [-0.3, -0.25) is 4.68 Å². The zero-order valence-corrected chi connectivity index (χ0v) is 10.8. The third-order valence-corrected chi connectivity index (χ3v) is 2.63. The van der Waals surface area contributed by atoms with Crippen molar-refractivity contribution in [3.8, 4) is 0 Å². The lowest BCUT2D eigenvalue weighted by Gasteiger charge is -2.07. The Labute approximate surface area is 111 Å². The maximum atomic E-state index is 11.6. The molecule has 1 aromatic carbocycles. The number of hydrogen-bond acceptors (Lipinski definition) is 3. The first-order valence-corrected chi connectivity index (χ1v) is 6.01. The molecule has 4 N–H and O–H groups in total. The fourth-order valence-corrected chi connectivity index (χ4v) is 1.66. The fraction of sp³-hybridized carbons (Fsp3) is 0.231. The summed E-state index contributed by atoms with van der Waals surface area (Å²) in [6, 6.07) is 6.77. The van der Waals surface area contributed by atoms with Crippen LogP contribution in [0.15, 0.2) is 36.7 Å². The van der Waals surface area contributed by atoms with Crippen LogP contribution >= 0.6 is 0 Å². The third-order valence-electron chi connectivity index (χ3n) is 2.63. The van der Waals surface area contributed by atoms with Crippen LogP contribution in [0.2, 0.25) is 0 Å². The van der Waals surface area contributed by atoms with Crippen LogP contribution < -0.4 is 16.4 Å². The Morgan fingerprint density at radius 3 is 2.74 bits per heavy atom. The van der Waals surface area contributed by atoms with Gasteiger partial charge < -0.3 is 16.4 Å². The van der Waals surface area contributed by atoms with Crippen molar-refractivity contribution in [2.24, 2.45) is 7.05 Å². The molecule has 0 saturated carbocycles. The molecule has 0 unspecified atom stereocenters. The number of aryl methyl sites for hydroxylation is 1.